The minimum absolute atomic E-state index is 0.0287. The minimum atomic E-state index is -2.92. The van der Waals surface area contributed by atoms with Crippen molar-refractivity contribution in [2.45, 2.75) is 32.9 Å². The van der Waals surface area contributed by atoms with Crippen LogP contribution in [0.25, 0.3) is 0 Å². The molecule has 0 aliphatic carbocycles. The average molecular weight is 423 g/mol. The van der Waals surface area contributed by atoms with Gasteiger partial charge in [0.15, 0.2) is 9.84 Å². The van der Waals surface area contributed by atoms with Gasteiger partial charge >= 0.3 is 0 Å². The second-order valence-corrected chi connectivity index (χ2v) is 10.5. The second-order valence-electron chi connectivity index (χ2n) is 7.88. The number of anilines is 1. The number of aromatic nitrogens is 2. The molecule has 1 aromatic heterocycles. The van der Waals surface area contributed by atoms with E-state index >= 15 is 0 Å². The summed E-state index contributed by atoms with van der Waals surface area (Å²) in [5.41, 5.74) is 4.41. The van der Waals surface area contributed by atoms with E-state index in [9.17, 15) is 8.42 Å². The van der Waals surface area contributed by atoms with Gasteiger partial charge in [0.2, 0.25) is 0 Å². The van der Waals surface area contributed by atoms with Crippen LogP contribution in [0.4, 0.5) is 5.69 Å². The molecule has 0 saturated carbocycles. The Balaban J connectivity index is 1.44. The van der Waals surface area contributed by atoms with Crippen LogP contribution in [0.15, 0.2) is 24.3 Å². The van der Waals surface area contributed by atoms with Crippen molar-refractivity contribution >= 4 is 27.1 Å². The first kappa shape index (κ1) is 19.7. The fraction of sp³-hybridized carbons (Fsp3) is 0.550. The Morgan fingerprint density at radius 1 is 1.14 bits per heavy atom. The molecular formula is C20H27ClN4O2S. The van der Waals surface area contributed by atoms with Crippen LogP contribution in [-0.4, -0.2) is 60.8 Å². The van der Waals surface area contributed by atoms with Crippen LogP contribution in [0.5, 0.6) is 0 Å². The molecule has 2 aromatic rings. The highest BCUT2D eigenvalue weighted by Crippen LogP contribution is 2.32. The Labute approximate surface area is 172 Å². The maximum Gasteiger partial charge on any atom is 0.152 e. The maximum absolute atomic E-state index is 11.9. The first-order valence-corrected chi connectivity index (χ1v) is 12.0. The summed E-state index contributed by atoms with van der Waals surface area (Å²) in [5, 5.41) is 5.53. The fourth-order valence-corrected chi connectivity index (χ4v) is 6.32. The molecule has 8 heteroatoms. The van der Waals surface area contributed by atoms with Crippen molar-refractivity contribution in [3.63, 3.8) is 0 Å². The van der Waals surface area contributed by atoms with E-state index in [0.29, 0.717) is 6.42 Å². The predicted octanol–water partition coefficient (Wildman–Crippen LogP) is 2.84. The molecule has 1 aromatic carbocycles. The van der Waals surface area contributed by atoms with E-state index in [1.165, 1.54) is 11.3 Å². The van der Waals surface area contributed by atoms with Crippen molar-refractivity contribution in [2.24, 2.45) is 0 Å². The normalized spacial score (nSPS) is 22.7. The number of benzene rings is 1. The monoisotopic (exact) mass is 422 g/mol. The number of nitrogens with zero attached hydrogens (tertiary/aromatic N) is 4. The molecule has 152 valence electrons. The summed E-state index contributed by atoms with van der Waals surface area (Å²) in [6.07, 6.45) is 0.662. The van der Waals surface area contributed by atoms with Crippen molar-refractivity contribution in [1.29, 1.82) is 0 Å². The molecular weight excluding hydrogens is 396 g/mol. The van der Waals surface area contributed by atoms with Gasteiger partial charge in [-0.3, -0.25) is 9.58 Å². The summed E-state index contributed by atoms with van der Waals surface area (Å²) < 4.78 is 25.7. The van der Waals surface area contributed by atoms with E-state index < -0.39 is 9.84 Å². The molecule has 2 aliphatic heterocycles. The molecule has 2 aliphatic rings. The van der Waals surface area contributed by atoms with Gasteiger partial charge in [-0.2, -0.15) is 5.10 Å². The van der Waals surface area contributed by atoms with Gasteiger partial charge in [0.25, 0.3) is 0 Å². The zero-order chi connectivity index (χ0) is 19.9. The highest BCUT2D eigenvalue weighted by atomic mass is 35.5. The van der Waals surface area contributed by atoms with Gasteiger partial charge in [-0.1, -0.05) is 29.8 Å². The smallest absolute Gasteiger partial charge is 0.152 e. The van der Waals surface area contributed by atoms with Crippen LogP contribution in [0.3, 0.4) is 0 Å². The average Bonchev–Trinajstić information content (AvgIpc) is 3.16. The molecule has 2 saturated heterocycles. The maximum atomic E-state index is 11.9. The zero-order valence-electron chi connectivity index (χ0n) is 16.4. The lowest BCUT2D eigenvalue weighted by molar-refractivity contribution is 0.249. The van der Waals surface area contributed by atoms with Gasteiger partial charge in [-0.25, -0.2) is 8.42 Å². The van der Waals surface area contributed by atoms with Crippen LogP contribution in [0.1, 0.15) is 29.4 Å². The number of sulfone groups is 1. The lowest BCUT2D eigenvalue weighted by Crippen LogP contribution is -2.46. The molecule has 0 unspecified atom stereocenters. The van der Waals surface area contributed by atoms with Crippen molar-refractivity contribution in [3.8, 4) is 0 Å². The minimum Gasteiger partial charge on any atom is -0.366 e. The molecule has 0 N–H and O–H groups in total. The molecule has 6 nitrogen and oxygen atoms in total. The van der Waals surface area contributed by atoms with Crippen molar-refractivity contribution < 1.29 is 8.42 Å². The third kappa shape index (κ3) is 3.93. The predicted molar refractivity (Wildman–Crippen MR) is 113 cm³/mol. The van der Waals surface area contributed by atoms with E-state index in [1.54, 1.807) is 0 Å². The fourth-order valence-electron chi connectivity index (χ4n) is 4.43. The van der Waals surface area contributed by atoms with E-state index in [1.807, 2.05) is 29.8 Å². The number of rotatable bonds is 4. The first-order valence-electron chi connectivity index (χ1n) is 9.81. The molecule has 0 radical (unpaired) electrons. The molecule has 0 amide bonds. The van der Waals surface area contributed by atoms with E-state index in [2.05, 4.69) is 22.8 Å². The third-order valence-electron chi connectivity index (χ3n) is 5.88. The van der Waals surface area contributed by atoms with Gasteiger partial charge in [0, 0.05) is 37.7 Å². The lowest BCUT2D eigenvalue weighted by Gasteiger charge is -2.36. The summed E-state index contributed by atoms with van der Waals surface area (Å²) in [6.45, 7) is 8.75. The Bertz CT molecular complexity index is 965. The van der Waals surface area contributed by atoms with E-state index in [0.717, 1.165) is 49.1 Å². The molecule has 0 spiro atoms. The number of piperazine rings is 1. The highest BCUT2D eigenvalue weighted by molar-refractivity contribution is 7.91. The third-order valence-corrected chi connectivity index (χ3v) is 8.00. The van der Waals surface area contributed by atoms with Crippen LogP contribution >= 0.6 is 11.6 Å². The van der Waals surface area contributed by atoms with Crippen LogP contribution < -0.4 is 4.90 Å². The van der Waals surface area contributed by atoms with Gasteiger partial charge in [0.1, 0.15) is 0 Å². The molecule has 0 bridgehead atoms. The summed E-state index contributed by atoms with van der Waals surface area (Å²) in [4.78, 5) is 4.82. The molecule has 4 rings (SSSR count). The van der Waals surface area contributed by atoms with Crippen LogP contribution in [-0.2, 0) is 16.4 Å². The standard InChI is InChI=1S/C20H27ClN4O2S/c1-15-20(16(2)25(22-15)18-7-12-28(26,27)14-18)24-10-8-23(9-11-24)13-17-5-3-4-6-19(17)21/h3-6,18H,7-14H2,1-2H3/t18-/m0/s1. The topological polar surface area (TPSA) is 58.4 Å². The Kier molecular flexibility index (Phi) is 5.42. The number of aryl methyl sites for hydroxylation is 1. The summed E-state index contributed by atoms with van der Waals surface area (Å²) >= 11 is 6.30. The molecule has 1 atom stereocenters. The summed E-state index contributed by atoms with van der Waals surface area (Å²) in [5.74, 6) is 0.478. The van der Waals surface area contributed by atoms with Gasteiger partial charge in [-0.05, 0) is 31.9 Å². The van der Waals surface area contributed by atoms with Gasteiger partial charge in [-0.15, -0.1) is 0 Å². The SMILES string of the molecule is Cc1nn([C@H]2CCS(=O)(=O)C2)c(C)c1N1CCN(Cc2ccccc2Cl)CC1. The largest absolute Gasteiger partial charge is 0.366 e. The quantitative estimate of drug-likeness (QED) is 0.758. The highest BCUT2D eigenvalue weighted by Gasteiger charge is 2.32. The summed E-state index contributed by atoms with van der Waals surface area (Å²) in [7, 11) is -2.92. The van der Waals surface area contributed by atoms with Crippen molar-refractivity contribution in [1.82, 2.24) is 14.7 Å². The van der Waals surface area contributed by atoms with Crippen LogP contribution in [0.2, 0.25) is 5.02 Å². The van der Waals surface area contributed by atoms with E-state index in [4.69, 9.17) is 16.7 Å². The molecule has 2 fully saturated rings. The second kappa shape index (κ2) is 7.69. The molecule has 3 heterocycles. The first-order chi connectivity index (χ1) is 13.3. The van der Waals surface area contributed by atoms with Crippen molar-refractivity contribution in [3.05, 3.63) is 46.2 Å². The van der Waals surface area contributed by atoms with Gasteiger partial charge < -0.3 is 4.90 Å². The number of hydrogen-bond donors (Lipinski definition) is 0. The van der Waals surface area contributed by atoms with E-state index in [-0.39, 0.29) is 17.5 Å². The van der Waals surface area contributed by atoms with Gasteiger partial charge in [0.05, 0.1) is 34.6 Å². The molecule has 28 heavy (non-hydrogen) atoms. The Morgan fingerprint density at radius 2 is 1.86 bits per heavy atom. The van der Waals surface area contributed by atoms with Crippen molar-refractivity contribution in [2.75, 3.05) is 42.6 Å². The zero-order valence-corrected chi connectivity index (χ0v) is 18.0. The Hall–Kier alpha value is -1.57. The summed E-state index contributed by atoms with van der Waals surface area (Å²) in [6, 6.07) is 7.99. The number of halogens is 1. The lowest BCUT2D eigenvalue weighted by atomic mass is 10.1. The van der Waals surface area contributed by atoms with Crippen LogP contribution in [0, 0.1) is 13.8 Å². The Morgan fingerprint density at radius 3 is 2.50 bits per heavy atom. The number of hydrogen-bond acceptors (Lipinski definition) is 5.